The van der Waals surface area contributed by atoms with Crippen molar-refractivity contribution in [1.82, 2.24) is 5.32 Å². The molecule has 3 rings (SSSR count). The van der Waals surface area contributed by atoms with E-state index in [0.717, 1.165) is 11.3 Å². The molecule has 0 saturated carbocycles. The van der Waals surface area contributed by atoms with Crippen LogP contribution in [0.25, 0.3) is 0 Å². The normalized spacial score (nSPS) is 17.4. The summed E-state index contributed by atoms with van der Waals surface area (Å²) in [4.78, 5) is 26.0. The van der Waals surface area contributed by atoms with Crippen molar-refractivity contribution in [3.05, 3.63) is 65.5 Å². The summed E-state index contributed by atoms with van der Waals surface area (Å²) in [6.07, 6.45) is 0.265. The molecule has 0 spiro atoms. The zero-order valence-corrected chi connectivity index (χ0v) is 12.8. The lowest BCUT2D eigenvalue weighted by atomic mass is 10.2. The molecule has 4 nitrogen and oxygen atoms in total. The van der Waals surface area contributed by atoms with Crippen molar-refractivity contribution < 1.29 is 14.0 Å². The number of anilines is 1. The van der Waals surface area contributed by atoms with Gasteiger partial charge in [-0.05, 0) is 43.3 Å². The van der Waals surface area contributed by atoms with E-state index in [4.69, 9.17) is 0 Å². The third-order valence-corrected chi connectivity index (χ3v) is 3.91. The van der Waals surface area contributed by atoms with Crippen LogP contribution >= 0.6 is 0 Å². The summed E-state index contributed by atoms with van der Waals surface area (Å²) in [6.45, 7) is 2.43. The van der Waals surface area contributed by atoms with E-state index in [1.165, 1.54) is 24.3 Å². The standard InChI is InChI=1S/C18H17FN2O2/c1-12-2-8-16(9-3-12)21-11-15(10-17(21)22)20-18(23)13-4-6-14(19)7-5-13/h2-9,15H,10-11H2,1H3,(H,20,23)/t15-/m0/s1. The Labute approximate surface area is 133 Å². The van der Waals surface area contributed by atoms with Crippen LogP contribution in [0.1, 0.15) is 22.3 Å². The minimum absolute atomic E-state index is 0.0155. The van der Waals surface area contributed by atoms with Gasteiger partial charge < -0.3 is 10.2 Å². The first-order valence-corrected chi connectivity index (χ1v) is 7.46. The van der Waals surface area contributed by atoms with Crippen molar-refractivity contribution in [1.29, 1.82) is 0 Å². The largest absolute Gasteiger partial charge is 0.347 e. The number of hydrogen-bond donors (Lipinski definition) is 1. The Bertz CT molecular complexity index is 726. The van der Waals surface area contributed by atoms with Gasteiger partial charge in [-0.15, -0.1) is 0 Å². The number of hydrogen-bond acceptors (Lipinski definition) is 2. The van der Waals surface area contributed by atoms with Crippen LogP contribution in [-0.4, -0.2) is 24.4 Å². The highest BCUT2D eigenvalue weighted by molar-refractivity contribution is 5.98. The van der Waals surface area contributed by atoms with Crippen LogP contribution in [0.2, 0.25) is 0 Å². The maximum atomic E-state index is 12.9. The molecule has 1 N–H and O–H groups in total. The van der Waals surface area contributed by atoms with E-state index in [1.807, 2.05) is 31.2 Å². The first-order chi connectivity index (χ1) is 11.0. The van der Waals surface area contributed by atoms with Gasteiger partial charge in [0.05, 0.1) is 6.04 Å². The average Bonchev–Trinajstić information content (AvgIpc) is 2.89. The van der Waals surface area contributed by atoms with Crippen molar-refractivity contribution in [2.45, 2.75) is 19.4 Å². The molecule has 1 aliphatic rings. The van der Waals surface area contributed by atoms with Gasteiger partial charge in [0, 0.05) is 24.2 Å². The smallest absolute Gasteiger partial charge is 0.251 e. The van der Waals surface area contributed by atoms with Crippen molar-refractivity contribution in [2.75, 3.05) is 11.4 Å². The van der Waals surface area contributed by atoms with Crippen molar-refractivity contribution in [2.24, 2.45) is 0 Å². The molecular formula is C18H17FN2O2. The highest BCUT2D eigenvalue weighted by Gasteiger charge is 2.31. The van der Waals surface area contributed by atoms with E-state index >= 15 is 0 Å². The van der Waals surface area contributed by atoms with Gasteiger partial charge in [-0.1, -0.05) is 17.7 Å². The third kappa shape index (κ3) is 3.39. The molecule has 0 radical (unpaired) electrons. The van der Waals surface area contributed by atoms with Crippen LogP contribution in [0.15, 0.2) is 48.5 Å². The van der Waals surface area contributed by atoms with Crippen molar-refractivity contribution in [3.8, 4) is 0 Å². The highest BCUT2D eigenvalue weighted by atomic mass is 19.1. The van der Waals surface area contributed by atoms with Gasteiger partial charge in [-0.2, -0.15) is 0 Å². The van der Waals surface area contributed by atoms with Crippen LogP contribution in [0.4, 0.5) is 10.1 Å². The van der Waals surface area contributed by atoms with Gasteiger partial charge >= 0.3 is 0 Å². The fourth-order valence-electron chi connectivity index (χ4n) is 2.65. The Hall–Kier alpha value is -2.69. The second kappa shape index (κ2) is 6.20. The summed E-state index contributed by atoms with van der Waals surface area (Å²) in [5.74, 6) is -0.699. The van der Waals surface area contributed by atoms with E-state index in [-0.39, 0.29) is 30.1 Å². The Morgan fingerprint density at radius 1 is 1.13 bits per heavy atom. The minimum atomic E-state index is -0.386. The SMILES string of the molecule is Cc1ccc(N2C[C@@H](NC(=O)c3ccc(F)cc3)CC2=O)cc1. The molecule has 0 unspecified atom stereocenters. The van der Waals surface area contributed by atoms with E-state index < -0.39 is 0 Å². The van der Waals surface area contributed by atoms with Gasteiger partial charge in [0.1, 0.15) is 5.82 Å². The van der Waals surface area contributed by atoms with Crippen molar-refractivity contribution in [3.63, 3.8) is 0 Å². The predicted molar refractivity (Wildman–Crippen MR) is 85.8 cm³/mol. The lowest BCUT2D eigenvalue weighted by Crippen LogP contribution is -2.37. The summed E-state index contributed by atoms with van der Waals surface area (Å²) in [5.41, 5.74) is 2.34. The molecule has 0 bridgehead atoms. The van der Waals surface area contributed by atoms with Crippen LogP contribution in [-0.2, 0) is 4.79 Å². The Kier molecular flexibility index (Phi) is 4.10. The second-order valence-corrected chi connectivity index (χ2v) is 5.72. The maximum Gasteiger partial charge on any atom is 0.251 e. The van der Waals surface area contributed by atoms with Crippen LogP contribution in [0.3, 0.4) is 0 Å². The number of amides is 2. The highest BCUT2D eigenvalue weighted by Crippen LogP contribution is 2.22. The van der Waals surface area contributed by atoms with E-state index in [9.17, 15) is 14.0 Å². The lowest BCUT2D eigenvalue weighted by molar-refractivity contribution is -0.117. The Morgan fingerprint density at radius 3 is 2.43 bits per heavy atom. The molecule has 1 saturated heterocycles. The molecule has 23 heavy (non-hydrogen) atoms. The van der Waals surface area contributed by atoms with Gasteiger partial charge in [0.15, 0.2) is 0 Å². The zero-order valence-electron chi connectivity index (χ0n) is 12.8. The van der Waals surface area contributed by atoms with Crippen molar-refractivity contribution >= 4 is 17.5 Å². The fourth-order valence-corrected chi connectivity index (χ4v) is 2.65. The summed E-state index contributed by atoms with van der Waals surface area (Å²) >= 11 is 0. The molecule has 5 heteroatoms. The third-order valence-electron chi connectivity index (χ3n) is 3.91. The quantitative estimate of drug-likeness (QED) is 0.947. The summed E-state index contributed by atoms with van der Waals surface area (Å²) in [6, 6.07) is 12.8. The average molecular weight is 312 g/mol. The van der Waals surface area contributed by atoms with Gasteiger partial charge in [-0.3, -0.25) is 9.59 Å². The number of carbonyl (C=O) groups is 2. The topological polar surface area (TPSA) is 49.4 Å². The molecule has 2 amide bonds. The van der Waals surface area contributed by atoms with Crippen LogP contribution in [0, 0.1) is 12.7 Å². The zero-order chi connectivity index (χ0) is 16.4. The molecule has 2 aromatic carbocycles. The Balaban J connectivity index is 1.66. The molecule has 0 aromatic heterocycles. The molecule has 1 aliphatic heterocycles. The molecule has 1 atom stereocenters. The second-order valence-electron chi connectivity index (χ2n) is 5.72. The number of halogens is 1. The number of nitrogens with zero attached hydrogens (tertiary/aromatic N) is 1. The molecule has 2 aromatic rings. The first kappa shape index (κ1) is 15.2. The van der Waals surface area contributed by atoms with E-state index in [0.29, 0.717) is 12.1 Å². The number of benzene rings is 2. The summed E-state index contributed by atoms with van der Waals surface area (Å²) < 4.78 is 12.9. The fraction of sp³-hybridized carbons (Fsp3) is 0.222. The molecule has 1 heterocycles. The number of rotatable bonds is 3. The first-order valence-electron chi connectivity index (χ1n) is 7.46. The molecular weight excluding hydrogens is 295 g/mol. The van der Waals surface area contributed by atoms with Gasteiger partial charge in [-0.25, -0.2) is 4.39 Å². The van der Waals surface area contributed by atoms with E-state index in [2.05, 4.69) is 5.32 Å². The van der Waals surface area contributed by atoms with E-state index in [1.54, 1.807) is 4.90 Å². The monoisotopic (exact) mass is 312 g/mol. The molecule has 1 fully saturated rings. The molecule has 0 aliphatic carbocycles. The predicted octanol–water partition coefficient (Wildman–Crippen LogP) is 2.67. The number of carbonyl (C=O) groups excluding carboxylic acids is 2. The summed E-state index contributed by atoms with van der Waals surface area (Å²) in [7, 11) is 0. The lowest BCUT2D eigenvalue weighted by Gasteiger charge is -2.17. The maximum absolute atomic E-state index is 12.9. The Morgan fingerprint density at radius 2 is 1.78 bits per heavy atom. The van der Waals surface area contributed by atoms with Gasteiger partial charge in [0.2, 0.25) is 5.91 Å². The molecule has 118 valence electrons. The number of nitrogens with one attached hydrogen (secondary N) is 1. The van der Waals surface area contributed by atoms with Crippen LogP contribution in [0.5, 0.6) is 0 Å². The van der Waals surface area contributed by atoms with Crippen LogP contribution < -0.4 is 10.2 Å². The minimum Gasteiger partial charge on any atom is -0.347 e. The summed E-state index contributed by atoms with van der Waals surface area (Å²) in [5, 5.41) is 2.83. The number of aryl methyl sites for hydroxylation is 1. The van der Waals surface area contributed by atoms with Gasteiger partial charge in [0.25, 0.3) is 5.91 Å².